The molecule has 0 unspecified atom stereocenters. The molecule has 0 aliphatic carbocycles. The van der Waals surface area contributed by atoms with Crippen LogP contribution in [0.1, 0.15) is 28.3 Å². The van der Waals surface area contributed by atoms with E-state index in [1.54, 1.807) is 11.8 Å². The van der Waals surface area contributed by atoms with E-state index in [9.17, 15) is 0 Å². The van der Waals surface area contributed by atoms with Crippen molar-refractivity contribution < 1.29 is 0 Å². The summed E-state index contributed by atoms with van der Waals surface area (Å²) >= 11 is 1.58. The highest BCUT2D eigenvalue weighted by atomic mass is 32.2. The van der Waals surface area contributed by atoms with Crippen LogP contribution in [0.3, 0.4) is 0 Å². The molecule has 0 N–H and O–H groups in total. The highest BCUT2D eigenvalue weighted by molar-refractivity contribution is 7.98. The summed E-state index contributed by atoms with van der Waals surface area (Å²) < 4.78 is 3.94. The first kappa shape index (κ1) is 21.1. The molecule has 5 rings (SSSR count). The summed E-state index contributed by atoms with van der Waals surface area (Å²) in [5, 5.41) is 22.4. The fourth-order valence-corrected chi connectivity index (χ4v) is 4.74. The molecule has 0 saturated carbocycles. The topological polar surface area (TPSA) is 74.3 Å². The minimum Gasteiger partial charge on any atom is -0.274 e. The van der Waals surface area contributed by atoms with Crippen LogP contribution in [0.4, 0.5) is 0 Å². The van der Waals surface area contributed by atoms with Crippen molar-refractivity contribution in [1.82, 2.24) is 35.0 Å². The first-order valence-corrected chi connectivity index (χ1v) is 11.7. The lowest BCUT2D eigenvalue weighted by atomic mass is 10.1. The van der Waals surface area contributed by atoms with Crippen LogP contribution in [0.15, 0.2) is 84.0 Å². The third-order valence-electron chi connectivity index (χ3n) is 5.44. The molecule has 7 nitrogen and oxygen atoms in total. The van der Waals surface area contributed by atoms with Gasteiger partial charge in [-0.15, -0.1) is 15.3 Å². The van der Waals surface area contributed by atoms with Gasteiger partial charge in [0.1, 0.15) is 5.82 Å². The third kappa shape index (κ3) is 4.42. The molecule has 164 valence electrons. The van der Waals surface area contributed by atoms with Crippen LogP contribution in [0.25, 0.3) is 11.4 Å². The molecule has 0 fully saturated rings. The maximum absolute atomic E-state index is 4.53. The van der Waals surface area contributed by atoms with E-state index in [0.29, 0.717) is 12.2 Å². The normalized spacial score (nSPS) is 11.1. The lowest BCUT2D eigenvalue weighted by Crippen LogP contribution is -2.07. The van der Waals surface area contributed by atoms with Crippen molar-refractivity contribution in [3.63, 3.8) is 0 Å². The molecule has 0 spiro atoms. The first-order chi connectivity index (χ1) is 16.2. The number of rotatable bonds is 7. The van der Waals surface area contributed by atoms with Gasteiger partial charge >= 0.3 is 0 Å². The van der Waals surface area contributed by atoms with Crippen molar-refractivity contribution in [3.05, 3.63) is 107 Å². The molecule has 3 aromatic carbocycles. The summed E-state index contributed by atoms with van der Waals surface area (Å²) in [4.78, 5) is 0. The van der Waals surface area contributed by atoms with E-state index in [1.165, 1.54) is 5.56 Å². The Labute approximate surface area is 196 Å². The first-order valence-electron chi connectivity index (χ1n) is 10.7. The van der Waals surface area contributed by atoms with Gasteiger partial charge in [-0.25, -0.2) is 0 Å². The molecule has 2 aromatic heterocycles. The Bertz CT molecular complexity index is 1340. The van der Waals surface area contributed by atoms with Crippen molar-refractivity contribution in [2.24, 2.45) is 0 Å². The summed E-state index contributed by atoms with van der Waals surface area (Å²) in [6, 6.07) is 26.7. The lowest BCUT2D eigenvalue weighted by Gasteiger charge is -2.12. The quantitative estimate of drug-likeness (QED) is 0.331. The molecular weight excluding hydrogens is 430 g/mol. The highest BCUT2D eigenvalue weighted by Crippen LogP contribution is 2.27. The van der Waals surface area contributed by atoms with Gasteiger partial charge in [-0.05, 0) is 53.1 Å². The van der Waals surface area contributed by atoms with Crippen LogP contribution >= 0.6 is 11.8 Å². The largest absolute Gasteiger partial charge is 0.274 e. The number of thioether (sulfide) groups is 1. The molecule has 5 aromatic rings. The van der Waals surface area contributed by atoms with E-state index in [1.807, 2.05) is 47.1 Å². The maximum Gasteiger partial charge on any atom is 0.196 e. The van der Waals surface area contributed by atoms with Crippen molar-refractivity contribution in [1.29, 1.82) is 0 Å². The molecule has 0 aliphatic rings. The molecule has 8 heteroatoms. The summed E-state index contributed by atoms with van der Waals surface area (Å²) in [5.41, 5.74) is 5.51. The fraction of sp³-hybridized carbons (Fsp3) is 0.160. The molecule has 0 saturated heterocycles. The predicted molar refractivity (Wildman–Crippen MR) is 129 cm³/mol. The van der Waals surface area contributed by atoms with Gasteiger partial charge in [-0.3, -0.25) is 4.57 Å². The van der Waals surface area contributed by atoms with Gasteiger partial charge in [0.05, 0.1) is 11.4 Å². The second kappa shape index (κ2) is 9.38. The summed E-state index contributed by atoms with van der Waals surface area (Å²) in [5.74, 6) is 2.23. The summed E-state index contributed by atoms with van der Waals surface area (Å²) in [6.45, 7) is 4.14. The minimum absolute atomic E-state index is 0.567. The molecule has 0 bridgehead atoms. The van der Waals surface area contributed by atoms with E-state index < -0.39 is 0 Å². The van der Waals surface area contributed by atoms with Crippen molar-refractivity contribution in [2.75, 3.05) is 0 Å². The zero-order chi connectivity index (χ0) is 22.6. The number of hydrogen-bond donors (Lipinski definition) is 0. The van der Waals surface area contributed by atoms with Crippen LogP contribution in [-0.4, -0.2) is 35.0 Å². The zero-order valence-electron chi connectivity index (χ0n) is 18.5. The SMILES string of the molecule is Cc1cccc(C)c1-n1nnnc1CSc1nnc(Cc2ccccc2)n1-c1ccccc1. The molecule has 0 aliphatic heterocycles. The molecule has 0 radical (unpaired) electrons. The minimum atomic E-state index is 0.567. The maximum atomic E-state index is 4.53. The van der Waals surface area contributed by atoms with E-state index in [-0.39, 0.29) is 0 Å². The van der Waals surface area contributed by atoms with Crippen LogP contribution in [0, 0.1) is 13.8 Å². The average molecular weight is 454 g/mol. The Morgan fingerprint density at radius 2 is 1.42 bits per heavy atom. The Morgan fingerprint density at radius 3 is 2.15 bits per heavy atom. The van der Waals surface area contributed by atoms with Crippen LogP contribution < -0.4 is 0 Å². The van der Waals surface area contributed by atoms with Crippen LogP contribution in [-0.2, 0) is 12.2 Å². The van der Waals surface area contributed by atoms with Gasteiger partial charge < -0.3 is 0 Å². The standard InChI is InChI=1S/C25H23N7S/c1-18-10-9-11-19(2)24(18)32-23(27-29-30-32)17-33-25-28-26-22(16-20-12-5-3-6-13-20)31(25)21-14-7-4-8-15-21/h3-15H,16-17H2,1-2H3. The zero-order valence-corrected chi connectivity index (χ0v) is 19.3. The van der Waals surface area contributed by atoms with Crippen molar-refractivity contribution in [3.8, 4) is 11.4 Å². The van der Waals surface area contributed by atoms with Gasteiger partial charge in [0, 0.05) is 12.1 Å². The van der Waals surface area contributed by atoms with Gasteiger partial charge in [0.25, 0.3) is 0 Å². The Balaban J connectivity index is 1.46. The number of tetrazole rings is 1. The van der Waals surface area contributed by atoms with E-state index >= 15 is 0 Å². The third-order valence-corrected chi connectivity index (χ3v) is 6.36. The highest BCUT2D eigenvalue weighted by Gasteiger charge is 2.18. The lowest BCUT2D eigenvalue weighted by molar-refractivity contribution is 0.768. The number of hydrogen-bond acceptors (Lipinski definition) is 6. The monoisotopic (exact) mass is 453 g/mol. The van der Waals surface area contributed by atoms with Gasteiger partial charge in [0.15, 0.2) is 11.0 Å². The molecule has 0 amide bonds. The van der Waals surface area contributed by atoms with Crippen molar-refractivity contribution >= 4 is 11.8 Å². The Kier molecular flexibility index (Phi) is 5.99. The van der Waals surface area contributed by atoms with Gasteiger partial charge in [-0.1, -0.05) is 78.5 Å². The van der Waals surface area contributed by atoms with E-state index in [2.05, 4.69) is 80.5 Å². The van der Waals surface area contributed by atoms with E-state index in [4.69, 9.17) is 0 Å². The molecular formula is C25H23N7S. The predicted octanol–water partition coefficient (Wildman–Crippen LogP) is 4.74. The Morgan fingerprint density at radius 1 is 0.727 bits per heavy atom. The summed E-state index contributed by atoms with van der Waals surface area (Å²) in [7, 11) is 0. The van der Waals surface area contributed by atoms with Crippen LogP contribution in [0.2, 0.25) is 0 Å². The number of aryl methyl sites for hydroxylation is 2. The number of benzene rings is 3. The average Bonchev–Trinajstić information content (AvgIpc) is 3.46. The molecule has 2 heterocycles. The summed E-state index contributed by atoms with van der Waals surface area (Å²) in [6.07, 6.45) is 0.698. The molecule has 33 heavy (non-hydrogen) atoms. The van der Waals surface area contributed by atoms with E-state index in [0.717, 1.165) is 39.3 Å². The second-order valence-electron chi connectivity index (χ2n) is 7.77. The fourth-order valence-electron chi connectivity index (χ4n) is 3.86. The van der Waals surface area contributed by atoms with Crippen molar-refractivity contribution in [2.45, 2.75) is 31.2 Å². The second-order valence-corrected chi connectivity index (χ2v) is 8.71. The number of aromatic nitrogens is 7. The van der Waals surface area contributed by atoms with Gasteiger partial charge in [0.2, 0.25) is 0 Å². The number of nitrogens with zero attached hydrogens (tertiary/aromatic N) is 7. The van der Waals surface area contributed by atoms with Crippen LogP contribution in [0.5, 0.6) is 0 Å². The van der Waals surface area contributed by atoms with Gasteiger partial charge in [-0.2, -0.15) is 4.68 Å². The smallest absolute Gasteiger partial charge is 0.196 e. The molecule has 0 atom stereocenters. The Hall–Kier alpha value is -3.78. The number of para-hydroxylation sites is 2.